The molecule has 154 valence electrons. The van der Waals surface area contributed by atoms with E-state index in [2.05, 4.69) is 10.1 Å². The van der Waals surface area contributed by atoms with E-state index in [1.807, 2.05) is 31.2 Å². The summed E-state index contributed by atoms with van der Waals surface area (Å²) in [6.45, 7) is 4.28. The largest absolute Gasteiger partial charge is 0.494 e. The molecule has 30 heavy (non-hydrogen) atoms. The first-order valence-corrected chi connectivity index (χ1v) is 10.3. The average Bonchev–Trinajstić information content (AvgIpc) is 3.18. The maximum Gasteiger partial charge on any atom is 0.242 e. The summed E-state index contributed by atoms with van der Waals surface area (Å²) in [4.78, 5) is 17.1. The predicted octanol–water partition coefficient (Wildman–Crippen LogP) is 5.51. The third-order valence-corrected chi connectivity index (χ3v) is 5.39. The number of fused-ring (bicyclic) bond motifs is 1. The van der Waals surface area contributed by atoms with Crippen molar-refractivity contribution in [1.29, 1.82) is 0 Å². The third-order valence-electron chi connectivity index (χ3n) is 5.09. The highest BCUT2D eigenvalue weighted by molar-refractivity contribution is 6.30. The summed E-state index contributed by atoms with van der Waals surface area (Å²) in [5, 5.41) is 7.25. The van der Waals surface area contributed by atoms with E-state index in [4.69, 9.17) is 16.3 Å². The van der Waals surface area contributed by atoms with Crippen LogP contribution in [0.5, 0.6) is 5.75 Å². The number of carbonyl (C=O) groups is 1. The fourth-order valence-electron chi connectivity index (χ4n) is 3.59. The van der Waals surface area contributed by atoms with E-state index >= 15 is 0 Å². The normalized spacial score (nSPS) is 16.1. The molecule has 3 aromatic rings. The average molecular weight is 426 g/mol. The van der Waals surface area contributed by atoms with Crippen molar-refractivity contribution in [3.05, 3.63) is 70.6 Å². The number of pyridine rings is 1. The Balaban J connectivity index is 1.73. The summed E-state index contributed by atoms with van der Waals surface area (Å²) in [5.41, 5.74) is 2.94. The number of ether oxygens (including phenoxy) is 1. The van der Waals surface area contributed by atoms with Crippen molar-refractivity contribution in [2.45, 2.75) is 32.7 Å². The van der Waals surface area contributed by atoms with E-state index in [0.29, 0.717) is 30.3 Å². The van der Waals surface area contributed by atoms with E-state index in [0.717, 1.165) is 27.8 Å². The molecule has 2 heterocycles. The van der Waals surface area contributed by atoms with Crippen LogP contribution in [0.25, 0.3) is 10.9 Å². The molecular formula is C23H21ClFN3O2. The monoisotopic (exact) mass is 425 g/mol. The number of rotatable bonds is 5. The van der Waals surface area contributed by atoms with Gasteiger partial charge in [0.25, 0.3) is 0 Å². The van der Waals surface area contributed by atoms with Crippen molar-refractivity contribution < 1.29 is 13.9 Å². The Hall–Kier alpha value is -2.99. The van der Waals surface area contributed by atoms with Crippen LogP contribution in [0, 0.1) is 5.82 Å². The molecule has 1 aliphatic rings. The fourth-order valence-corrected chi connectivity index (χ4v) is 3.86. The highest BCUT2D eigenvalue weighted by Gasteiger charge is 2.34. The van der Waals surface area contributed by atoms with E-state index in [9.17, 15) is 9.18 Å². The first-order valence-electron chi connectivity index (χ1n) is 9.88. The molecule has 1 atom stereocenters. The first kappa shape index (κ1) is 20.3. The highest BCUT2D eigenvalue weighted by Crippen LogP contribution is 2.38. The maximum atomic E-state index is 13.3. The van der Waals surface area contributed by atoms with E-state index in [1.165, 1.54) is 17.1 Å². The van der Waals surface area contributed by atoms with Crippen LogP contribution >= 0.6 is 11.6 Å². The van der Waals surface area contributed by atoms with Crippen LogP contribution in [-0.4, -0.2) is 28.2 Å². The van der Waals surface area contributed by atoms with Gasteiger partial charge < -0.3 is 4.74 Å². The molecule has 2 aromatic carbocycles. The van der Waals surface area contributed by atoms with E-state index in [1.54, 1.807) is 19.1 Å². The topological polar surface area (TPSA) is 54.8 Å². The van der Waals surface area contributed by atoms with Crippen molar-refractivity contribution in [1.82, 2.24) is 9.99 Å². The molecule has 4 rings (SSSR count). The number of carbonyl (C=O) groups excluding carboxylic acids is 1. The number of hydrazone groups is 1. The van der Waals surface area contributed by atoms with Gasteiger partial charge in [-0.3, -0.25) is 4.79 Å². The standard InChI is InChI=1S/C23H21ClFN3O2/c1-3-22(29)28-21(13-20(27-28)14-5-8-16(25)9-6-14)18-11-15-7-10-17(30-4-2)12-19(15)26-23(18)24/h5-12,21H,3-4,13H2,1-2H3/t21-/m1/s1. The van der Waals surface area contributed by atoms with Gasteiger partial charge in [-0.2, -0.15) is 5.10 Å². The summed E-state index contributed by atoms with van der Waals surface area (Å²) >= 11 is 6.55. The highest BCUT2D eigenvalue weighted by atomic mass is 35.5. The minimum atomic E-state index is -0.367. The summed E-state index contributed by atoms with van der Waals surface area (Å²) in [6.07, 6.45) is 0.786. The van der Waals surface area contributed by atoms with Crippen molar-refractivity contribution in [3.63, 3.8) is 0 Å². The number of hydrogen-bond acceptors (Lipinski definition) is 4. The van der Waals surface area contributed by atoms with Gasteiger partial charge in [0, 0.05) is 29.9 Å². The predicted molar refractivity (Wildman–Crippen MR) is 115 cm³/mol. The van der Waals surface area contributed by atoms with Crippen LogP contribution < -0.4 is 4.74 Å². The van der Waals surface area contributed by atoms with Gasteiger partial charge in [-0.25, -0.2) is 14.4 Å². The van der Waals surface area contributed by atoms with Crippen molar-refractivity contribution in [2.24, 2.45) is 5.10 Å². The van der Waals surface area contributed by atoms with Crippen LogP contribution in [0.1, 0.15) is 43.9 Å². The maximum absolute atomic E-state index is 13.3. The number of benzene rings is 2. The fraction of sp³-hybridized carbons (Fsp3) is 0.261. The molecule has 0 unspecified atom stereocenters. The van der Waals surface area contributed by atoms with Gasteiger partial charge in [0.1, 0.15) is 16.7 Å². The van der Waals surface area contributed by atoms with Crippen molar-refractivity contribution >= 4 is 34.1 Å². The van der Waals surface area contributed by atoms with Crippen molar-refractivity contribution in [3.8, 4) is 5.75 Å². The summed E-state index contributed by atoms with van der Waals surface area (Å²) in [7, 11) is 0. The second-order valence-electron chi connectivity index (χ2n) is 7.02. The molecule has 0 fully saturated rings. The Labute approximate surface area is 179 Å². The van der Waals surface area contributed by atoms with Gasteiger partial charge in [0.05, 0.1) is 23.9 Å². The SMILES string of the molecule is CCOc1ccc2cc([C@H]3CC(c4ccc(F)cc4)=NN3C(=O)CC)c(Cl)nc2c1. The quantitative estimate of drug-likeness (QED) is 0.506. The molecule has 0 aliphatic carbocycles. The lowest BCUT2D eigenvalue weighted by Crippen LogP contribution is -2.26. The molecular weight excluding hydrogens is 405 g/mol. The third kappa shape index (κ3) is 3.87. The summed E-state index contributed by atoms with van der Waals surface area (Å²) < 4.78 is 18.9. The van der Waals surface area contributed by atoms with Crippen LogP contribution in [0.15, 0.2) is 53.6 Å². The summed E-state index contributed by atoms with van der Waals surface area (Å²) in [5.74, 6) is 0.301. The number of halogens is 2. The minimum absolute atomic E-state index is 0.111. The van der Waals surface area contributed by atoms with Crippen LogP contribution in [0.2, 0.25) is 5.15 Å². The molecule has 1 aliphatic heterocycles. The first-order chi connectivity index (χ1) is 14.5. The van der Waals surface area contributed by atoms with E-state index < -0.39 is 0 Å². The van der Waals surface area contributed by atoms with Gasteiger partial charge in [-0.05, 0) is 42.8 Å². The van der Waals surface area contributed by atoms with Gasteiger partial charge in [-0.15, -0.1) is 0 Å². The molecule has 1 aromatic heterocycles. The molecule has 0 saturated heterocycles. The second-order valence-corrected chi connectivity index (χ2v) is 7.38. The van der Waals surface area contributed by atoms with Crippen LogP contribution in [-0.2, 0) is 4.79 Å². The number of amides is 1. The van der Waals surface area contributed by atoms with Crippen LogP contribution in [0.3, 0.4) is 0 Å². The number of hydrogen-bond donors (Lipinski definition) is 0. The number of nitrogens with zero attached hydrogens (tertiary/aromatic N) is 3. The van der Waals surface area contributed by atoms with Gasteiger partial charge in [-0.1, -0.05) is 30.7 Å². The lowest BCUT2D eigenvalue weighted by Gasteiger charge is -2.22. The smallest absolute Gasteiger partial charge is 0.242 e. The van der Waals surface area contributed by atoms with E-state index in [-0.39, 0.29) is 17.8 Å². The zero-order chi connectivity index (χ0) is 21.3. The minimum Gasteiger partial charge on any atom is -0.494 e. The second kappa shape index (κ2) is 8.40. The van der Waals surface area contributed by atoms with Gasteiger partial charge in [0.2, 0.25) is 5.91 Å². The Kier molecular flexibility index (Phi) is 5.68. The molecule has 0 saturated carbocycles. The molecule has 7 heteroatoms. The zero-order valence-electron chi connectivity index (χ0n) is 16.7. The molecule has 0 bridgehead atoms. The number of aromatic nitrogens is 1. The molecule has 1 amide bonds. The zero-order valence-corrected chi connectivity index (χ0v) is 17.5. The molecule has 0 spiro atoms. The Morgan fingerprint density at radius 3 is 2.67 bits per heavy atom. The molecule has 0 N–H and O–H groups in total. The molecule has 5 nitrogen and oxygen atoms in total. The van der Waals surface area contributed by atoms with Gasteiger partial charge in [0.15, 0.2) is 0 Å². The van der Waals surface area contributed by atoms with Crippen molar-refractivity contribution in [2.75, 3.05) is 6.61 Å². The lowest BCUT2D eigenvalue weighted by atomic mass is 9.98. The molecule has 0 radical (unpaired) electrons. The van der Waals surface area contributed by atoms with Crippen LogP contribution in [0.4, 0.5) is 4.39 Å². The lowest BCUT2D eigenvalue weighted by molar-refractivity contribution is -0.132. The Morgan fingerprint density at radius 2 is 1.97 bits per heavy atom. The Bertz CT molecular complexity index is 1130. The summed E-state index contributed by atoms with van der Waals surface area (Å²) in [6, 6.07) is 13.3. The Morgan fingerprint density at radius 1 is 1.20 bits per heavy atom. The van der Waals surface area contributed by atoms with Gasteiger partial charge >= 0.3 is 0 Å².